The molecule has 0 fully saturated rings. The van der Waals surface area contributed by atoms with Crippen molar-refractivity contribution in [2.45, 2.75) is 13.8 Å². The summed E-state index contributed by atoms with van der Waals surface area (Å²) in [6.45, 7) is 8.36. The number of carbonyl (C=O) groups excluding carboxylic acids is 1. The first-order chi connectivity index (χ1) is 6.06. The van der Waals surface area contributed by atoms with E-state index in [1.165, 1.54) is 0 Å². The van der Waals surface area contributed by atoms with Gasteiger partial charge in [0.15, 0.2) is 0 Å². The molecule has 0 unspecified atom stereocenters. The van der Waals surface area contributed by atoms with Gasteiger partial charge in [-0.2, -0.15) is 0 Å². The van der Waals surface area contributed by atoms with Gasteiger partial charge >= 0.3 is 0 Å². The zero-order chi connectivity index (χ0) is 10.0. The molecule has 0 aromatic rings. The summed E-state index contributed by atoms with van der Waals surface area (Å²) in [4.78, 5) is 13.3. The van der Waals surface area contributed by atoms with Gasteiger partial charge in [0.2, 0.25) is 0 Å². The lowest BCUT2D eigenvalue weighted by molar-refractivity contribution is -0.124. The molecule has 0 saturated carbocycles. The fourth-order valence-electron chi connectivity index (χ4n) is 1.37. The Morgan fingerprint density at radius 3 is 2.62 bits per heavy atom. The molecule has 2 heteroatoms. The Bertz CT molecular complexity index is 306. The van der Waals surface area contributed by atoms with Crippen molar-refractivity contribution in [1.82, 2.24) is 4.90 Å². The van der Waals surface area contributed by atoms with Crippen molar-refractivity contribution >= 4 is 5.91 Å². The van der Waals surface area contributed by atoms with Gasteiger partial charge in [-0.1, -0.05) is 24.3 Å². The highest BCUT2D eigenvalue weighted by molar-refractivity contribution is 6.00. The molecule has 0 bridgehead atoms. The van der Waals surface area contributed by atoms with Crippen LogP contribution in [0.2, 0.25) is 0 Å². The molecule has 0 spiro atoms. The molecule has 70 valence electrons. The van der Waals surface area contributed by atoms with E-state index in [9.17, 15) is 4.79 Å². The molecular weight excluding hydrogens is 162 g/mol. The SMILES string of the molecule is C=CC1=C(C=C(C)C)C(=O)N(C)C1. The number of nitrogens with zero attached hydrogens (tertiary/aromatic N) is 1. The van der Waals surface area contributed by atoms with Gasteiger partial charge in [-0.15, -0.1) is 0 Å². The molecule has 1 aliphatic rings. The molecule has 0 aliphatic carbocycles. The van der Waals surface area contributed by atoms with Crippen LogP contribution in [0.4, 0.5) is 0 Å². The highest BCUT2D eigenvalue weighted by atomic mass is 16.2. The lowest BCUT2D eigenvalue weighted by Crippen LogP contribution is -2.21. The van der Waals surface area contributed by atoms with Gasteiger partial charge in [0, 0.05) is 19.2 Å². The van der Waals surface area contributed by atoms with Crippen LogP contribution in [0.5, 0.6) is 0 Å². The summed E-state index contributed by atoms with van der Waals surface area (Å²) in [5, 5.41) is 0. The standard InChI is InChI=1S/C11H15NO/c1-5-9-7-12(4)11(13)10(9)6-8(2)3/h5-6H,1,7H2,2-4H3. The van der Waals surface area contributed by atoms with Crippen molar-refractivity contribution in [2.75, 3.05) is 13.6 Å². The maximum atomic E-state index is 11.6. The number of rotatable bonds is 2. The van der Waals surface area contributed by atoms with Gasteiger partial charge in [0.25, 0.3) is 5.91 Å². The first kappa shape index (κ1) is 9.78. The van der Waals surface area contributed by atoms with Crippen LogP contribution in [0.25, 0.3) is 0 Å². The van der Waals surface area contributed by atoms with Crippen molar-refractivity contribution in [2.24, 2.45) is 0 Å². The van der Waals surface area contributed by atoms with Crippen LogP contribution >= 0.6 is 0 Å². The molecule has 13 heavy (non-hydrogen) atoms. The molecule has 0 atom stereocenters. The number of likely N-dealkylation sites (N-methyl/N-ethyl adjacent to an activating group) is 1. The fourth-order valence-corrected chi connectivity index (χ4v) is 1.37. The predicted molar refractivity (Wildman–Crippen MR) is 54.3 cm³/mol. The molecule has 0 N–H and O–H groups in total. The highest BCUT2D eigenvalue weighted by Gasteiger charge is 2.23. The Morgan fingerprint density at radius 2 is 2.15 bits per heavy atom. The Hall–Kier alpha value is -1.31. The van der Waals surface area contributed by atoms with E-state index in [0.29, 0.717) is 6.54 Å². The maximum Gasteiger partial charge on any atom is 0.254 e. The second-order valence-electron chi connectivity index (χ2n) is 3.53. The summed E-state index contributed by atoms with van der Waals surface area (Å²) in [5.41, 5.74) is 2.95. The fraction of sp³-hybridized carbons (Fsp3) is 0.364. The largest absolute Gasteiger partial charge is 0.337 e. The number of hydrogen-bond acceptors (Lipinski definition) is 1. The van der Waals surface area contributed by atoms with Crippen molar-refractivity contribution in [1.29, 1.82) is 0 Å². The zero-order valence-electron chi connectivity index (χ0n) is 8.42. The zero-order valence-corrected chi connectivity index (χ0v) is 8.42. The smallest absolute Gasteiger partial charge is 0.254 e. The van der Waals surface area contributed by atoms with Gasteiger partial charge in [0.1, 0.15) is 0 Å². The van der Waals surface area contributed by atoms with E-state index in [1.807, 2.05) is 19.9 Å². The Kier molecular flexibility index (Phi) is 2.71. The number of hydrogen-bond donors (Lipinski definition) is 0. The molecule has 0 saturated heterocycles. The van der Waals surface area contributed by atoms with E-state index in [0.717, 1.165) is 16.7 Å². The average molecular weight is 177 g/mol. The monoisotopic (exact) mass is 177 g/mol. The van der Waals surface area contributed by atoms with Crippen molar-refractivity contribution in [3.63, 3.8) is 0 Å². The van der Waals surface area contributed by atoms with Gasteiger partial charge in [-0.05, 0) is 19.4 Å². The summed E-state index contributed by atoms with van der Waals surface area (Å²) in [6.07, 6.45) is 3.68. The van der Waals surface area contributed by atoms with Gasteiger partial charge in [-0.3, -0.25) is 4.79 Å². The third-order valence-corrected chi connectivity index (χ3v) is 2.01. The molecule has 0 radical (unpaired) electrons. The van der Waals surface area contributed by atoms with Crippen molar-refractivity contribution < 1.29 is 4.79 Å². The highest BCUT2D eigenvalue weighted by Crippen LogP contribution is 2.20. The number of carbonyl (C=O) groups is 1. The summed E-state index contributed by atoms with van der Waals surface area (Å²) < 4.78 is 0. The molecular formula is C11H15NO. The van der Waals surface area contributed by atoms with Crippen LogP contribution in [0.3, 0.4) is 0 Å². The van der Waals surface area contributed by atoms with Crippen LogP contribution in [0.1, 0.15) is 13.8 Å². The summed E-state index contributed by atoms with van der Waals surface area (Å²) in [5.74, 6) is 0.0936. The van der Waals surface area contributed by atoms with Crippen LogP contribution in [-0.4, -0.2) is 24.4 Å². The minimum atomic E-state index is 0.0936. The summed E-state index contributed by atoms with van der Waals surface area (Å²) in [6, 6.07) is 0. The lowest BCUT2D eigenvalue weighted by atomic mass is 10.1. The van der Waals surface area contributed by atoms with Crippen LogP contribution in [0, 0.1) is 0 Å². The van der Waals surface area contributed by atoms with E-state index in [1.54, 1.807) is 18.0 Å². The molecule has 1 heterocycles. The van der Waals surface area contributed by atoms with Crippen LogP contribution in [0.15, 0.2) is 35.5 Å². The third kappa shape index (κ3) is 1.89. The van der Waals surface area contributed by atoms with Crippen molar-refractivity contribution in [3.8, 4) is 0 Å². The summed E-state index contributed by atoms with van der Waals surface area (Å²) in [7, 11) is 1.80. The average Bonchev–Trinajstić information content (AvgIpc) is 2.31. The maximum absolute atomic E-state index is 11.6. The predicted octanol–water partition coefficient (Wildman–Crippen LogP) is 1.91. The van der Waals surface area contributed by atoms with E-state index in [4.69, 9.17) is 0 Å². The van der Waals surface area contributed by atoms with E-state index >= 15 is 0 Å². The third-order valence-electron chi connectivity index (χ3n) is 2.01. The molecule has 1 aliphatic heterocycles. The van der Waals surface area contributed by atoms with E-state index < -0.39 is 0 Å². The van der Waals surface area contributed by atoms with Gasteiger partial charge < -0.3 is 4.90 Å². The van der Waals surface area contributed by atoms with Gasteiger partial charge in [-0.25, -0.2) is 0 Å². The Labute approximate surface area is 79.2 Å². The second kappa shape index (κ2) is 3.60. The first-order valence-corrected chi connectivity index (χ1v) is 4.32. The molecule has 1 rings (SSSR count). The molecule has 0 aromatic carbocycles. The first-order valence-electron chi connectivity index (χ1n) is 4.32. The molecule has 1 amide bonds. The molecule has 0 aromatic heterocycles. The van der Waals surface area contributed by atoms with E-state index in [2.05, 4.69) is 6.58 Å². The molecule has 2 nitrogen and oxygen atoms in total. The Morgan fingerprint density at radius 1 is 1.54 bits per heavy atom. The second-order valence-corrected chi connectivity index (χ2v) is 3.53. The topological polar surface area (TPSA) is 20.3 Å². The minimum absolute atomic E-state index is 0.0936. The van der Waals surface area contributed by atoms with Gasteiger partial charge in [0.05, 0.1) is 0 Å². The lowest BCUT2D eigenvalue weighted by Gasteiger charge is -2.06. The normalized spacial score (nSPS) is 16.5. The number of amides is 1. The summed E-state index contributed by atoms with van der Waals surface area (Å²) >= 11 is 0. The van der Waals surface area contributed by atoms with E-state index in [-0.39, 0.29) is 5.91 Å². The Balaban J connectivity index is 3.08. The number of allylic oxidation sites excluding steroid dienone is 1. The van der Waals surface area contributed by atoms with Crippen molar-refractivity contribution in [3.05, 3.63) is 35.5 Å². The van der Waals surface area contributed by atoms with Crippen LogP contribution < -0.4 is 0 Å². The minimum Gasteiger partial charge on any atom is -0.337 e. The van der Waals surface area contributed by atoms with Crippen LogP contribution in [-0.2, 0) is 4.79 Å². The quantitative estimate of drug-likeness (QED) is 0.631.